The van der Waals surface area contributed by atoms with E-state index in [0.29, 0.717) is 23.7 Å². The average Bonchev–Trinajstić information content (AvgIpc) is 2.92. The fourth-order valence-electron chi connectivity index (χ4n) is 1.58. The molecule has 1 heterocycles. The van der Waals surface area contributed by atoms with Crippen LogP contribution in [0.5, 0.6) is 11.5 Å². The minimum atomic E-state index is 0.543. The van der Waals surface area contributed by atoms with Crippen LogP contribution < -0.4 is 9.47 Å². The van der Waals surface area contributed by atoms with Gasteiger partial charge in [0.2, 0.25) is 0 Å². The molecule has 18 heavy (non-hydrogen) atoms. The predicted molar refractivity (Wildman–Crippen MR) is 71.9 cm³/mol. The quantitative estimate of drug-likeness (QED) is 0.750. The third kappa shape index (κ3) is 3.11. The summed E-state index contributed by atoms with van der Waals surface area (Å²) >= 11 is 1.67. The molecule has 0 N–H and O–H groups in total. The number of carbonyl (C=O) groups is 1. The third-order valence-electron chi connectivity index (χ3n) is 2.58. The highest BCUT2D eigenvalue weighted by molar-refractivity contribution is 7.07. The van der Waals surface area contributed by atoms with E-state index in [1.54, 1.807) is 36.6 Å². The Morgan fingerprint density at radius 3 is 2.89 bits per heavy atom. The molecule has 2 aromatic rings. The van der Waals surface area contributed by atoms with Gasteiger partial charge in [-0.3, -0.25) is 4.79 Å². The highest BCUT2D eigenvalue weighted by atomic mass is 32.1. The van der Waals surface area contributed by atoms with Crippen molar-refractivity contribution < 1.29 is 14.3 Å². The summed E-state index contributed by atoms with van der Waals surface area (Å²) in [5, 5.41) is 4.13. The number of benzene rings is 1. The van der Waals surface area contributed by atoms with Gasteiger partial charge in [0.15, 0.2) is 6.29 Å². The van der Waals surface area contributed by atoms with Crippen molar-refractivity contribution in [1.82, 2.24) is 0 Å². The molecule has 1 aromatic carbocycles. The molecule has 2 rings (SSSR count). The van der Waals surface area contributed by atoms with Crippen molar-refractivity contribution in [2.45, 2.75) is 6.42 Å². The Morgan fingerprint density at radius 2 is 2.22 bits per heavy atom. The van der Waals surface area contributed by atoms with Crippen molar-refractivity contribution in [2.75, 3.05) is 13.7 Å². The van der Waals surface area contributed by atoms with Crippen LogP contribution in [0.15, 0.2) is 35.0 Å². The van der Waals surface area contributed by atoms with Crippen molar-refractivity contribution in [3.63, 3.8) is 0 Å². The van der Waals surface area contributed by atoms with E-state index in [9.17, 15) is 4.79 Å². The predicted octanol–water partition coefficient (Wildman–Crippen LogP) is 3.19. The molecule has 0 aliphatic rings. The summed E-state index contributed by atoms with van der Waals surface area (Å²) in [6, 6.07) is 7.25. The summed E-state index contributed by atoms with van der Waals surface area (Å²) in [6.07, 6.45) is 1.62. The summed E-state index contributed by atoms with van der Waals surface area (Å²) in [5.74, 6) is 1.26. The van der Waals surface area contributed by atoms with Crippen LogP contribution in [0.3, 0.4) is 0 Å². The number of hydrogen-bond donors (Lipinski definition) is 0. The third-order valence-corrected chi connectivity index (χ3v) is 3.31. The molecule has 1 aromatic heterocycles. The zero-order valence-corrected chi connectivity index (χ0v) is 10.9. The van der Waals surface area contributed by atoms with Crippen molar-refractivity contribution in [1.29, 1.82) is 0 Å². The van der Waals surface area contributed by atoms with Crippen LogP contribution in [0.25, 0.3) is 0 Å². The molecule has 0 spiro atoms. The Bertz CT molecular complexity index is 506. The molecule has 0 radical (unpaired) electrons. The second-order valence-electron chi connectivity index (χ2n) is 3.75. The highest BCUT2D eigenvalue weighted by Crippen LogP contribution is 2.23. The standard InChI is InChI=1S/C14H14O3S/c1-16-13-3-2-12(9-15)14(8-13)17-6-4-11-5-7-18-10-11/h2-3,5,7-10H,4,6H2,1H3. The number of rotatable bonds is 6. The lowest BCUT2D eigenvalue weighted by Crippen LogP contribution is -2.03. The lowest BCUT2D eigenvalue weighted by molar-refractivity contribution is 0.111. The maximum absolute atomic E-state index is 10.9. The normalized spacial score (nSPS) is 10.1. The summed E-state index contributed by atoms with van der Waals surface area (Å²) < 4.78 is 10.7. The molecule has 0 saturated carbocycles. The highest BCUT2D eigenvalue weighted by Gasteiger charge is 2.05. The summed E-state index contributed by atoms with van der Waals surface area (Å²) in [4.78, 5) is 10.9. The zero-order valence-electron chi connectivity index (χ0n) is 10.1. The largest absolute Gasteiger partial charge is 0.497 e. The van der Waals surface area contributed by atoms with Gasteiger partial charge in [-0.25, -0.2) is 0 Å². The van der Waals surface area contributed by atoms with Crippen molar-refractivity contribution in [2.24, 2.45) is 0 Å². The van der Waals surface area contributed by atoms with Crippen LogP contribution in [0.1, 0.15) is 15.9 Å². The van der Waals surface area contributed by atoms with E-state index in [1.807, 2.05) is 5.38 Å². The molecule has 0 atom stereocenters. The molecule has 0 fully saturated rings. The van der Waals surface area contributed by atoms with Gasteiger partial charge in [0.1, 0.15) is 11.5 Å². The van der Waals surface area contributed by atoms with E-state index in [2.05, 4.69) is 11.4 Å². The monoisotopic (exact) mass is 262 g/mol. The fraction of sp³-hybridized carbons (Fsp3) is 0.214. The lowest BCUT2D eigenvalue weighted by Gasteiger charge is -2.09. The molecule has 0 aliphatic heterocycles. The first kappa shape index (κ1) is 12.6. The van der Waals surface area contributed by atoms with E-state index < -0.39 is 0 Å². The van der Waals surface area contributed by atoms with E-state index in [-0.39, 0.29) is 0 Å². The number of ether oxygens (including phenoxy) is 2. The van der Waals surface area contributed by atoms with Crippen LogP contribution in [0, 0.1) is 0 Å². The Kier molecular flexibility index (Phi) is 4.36. The first-order valence-electron chi connectivity index (χ1n) is 5.60. The van der Waals surface area contributed by atoms with Gasteiger partial charge in [-0.05, 0) is 34.5 Å². The molecule has 0 unspecified atom stereocenters. The van der Waals surface area contributed by atoms with Gasteiger partial charge >= 0.3 is 0 Å². The molecule has 0 saturated heterocycles. The lowest BCUT2D eigenvalue weighted by atomic mass is 10.2. The van der Waals surface area contributed by atoms with Gasteiger partial charge in [-0.1, -0.05) is 0 Å². The number of aldehydes is 1. The average molecular weight is 262 g/mol. The van der Waals surface area contributed by atoms with Crippen LogP contribution in [-0.2, 0) is 6.42 Å². The zero-order chi connectivity index (χ0) is 12.8. The van der Waals surface area contributed by atoms with E-state index in [1.165, 1.54) is 5.56 Å². The smallest absolute Gasteiger partial charge is 0.153 e. The fourth-order valence-corrected chi connectivity index (χ4v) is 2.28. The van der Waals surface area contributed by atoms with E-state index in [0.717, 1.165) is 12.7 Å². The molecule has 0 bridgehead atoms. The van der Waals surface area contributed by atoms with E-state index >= 15 is 0 Å². The van der Waals surface area contributed by atoms with Gasteiger partial charge in [0.05, 0.1) is 19.3 Å². The number of hydrogen-bond acceptors (Lipinski definition) is 4. The van der Waals surface area contributed by atoms with Crippen LogP contribution in [0.4, 0.5) is 0 Å². The minimum Gasteiger partial charge on any atom is -0.497 e. The SMILES string of the molecule is COc1ccc(C=O)c(OCCc2ccsc2)c1. The van der Waals surface area contributed by atoms with E-state index in [4.69, 9.17) is 9.47 Å². The Balaban J connectivity index is 2.00. The number of carbonyl (C=O) groups excluding carboxylic acids is 1. The molecule has 0 aliphatic carbocycles. The molecule has 4 heteroatoms. The van der Waals surface area contributed by atoms with Gasteiger partial charge in [-0.2, -0.15) is 11.3 Å². The molecule has 0 amide bonds. The second-order valence-corrected chi connectivity index (χ2v) is 4.53. The summed E-state index contributed by atoms with van der Waals surface area (Å²) in [6.45, 7) is 0.546. The Morgan fingerprint density at radius 1 is 1.33 bits per heavy atom. The first-order valence-corrected chi connectivity index (χ1v) is 6.55. The van der Waals surface area contributed by atoms with Crippen LogP contribution >= 0.6 is 11.3 Å². The second kappa shape index (κ2) is 6.21. The van der Waals surface area contributed by atoms with Crippen LogP contribution in [0.2, 0.25) is 0 Å². The van der Waals surface area contributed by atoms with Crippen molar-refractivity contribution in [3.05, 3.63) is 46.2 Å². The van der Waals surface area contributed by atoms with Crippen molar-refractivity contribution >= 4 is 17.6 Å². The van der Waals surface area contributed by atoms with Gasteiger partial charge in [0.25, 0.3) is 0 Å². The minimum absolute atomic E-state index is 0.543. The topological polar surface area (TPSA) is 35.5 Å². The Hall–Kier alpha value is -1.81. The maximum Gasteiger partial charge on any atom is 0.153 e. The summed E-state index contributed by atoms with van der Waals surface area (Å²) in [7, 11) is 1.59. The summed E-state index contributed by atoms with van der Waals surface area (Å²) in [5.41, 5.74) is 1.79. The number of methoxy groups -OCH3 is 1. The Labute approximate surface area is 110 Å². The molecule has 3 nitrogen and oxygen atoms in total. The maximum atomic E-state index is 10.9. The molecular weight excluding hydrogens is 248 g/mol. The number of thiophene rings is 1. The van der Waals surface area contributed by atoms with Crippen LogP contribution in [-0.4, -0.2) is 20.0 Å². The van der Waals surface area contributed by atoms with Gasteiger partial charge < -0.3 is 9.47 Å². The first-order chi connectivity index (χ1) is 8.83. The molecule has 94 valence electrons. The molecular formula is C14H14O3S. The van der Waals surface area contributed by atoms with Crippen molar-refractivity contribution in [3.8, 4) is 11.5 Å². The van der Waals surface area contributed by atoms with Gasteiger partial charge in [0, 0.05) is 12.5 Å². The van der Waals surface area contributed by atoms with Gasteiger partial charge in [-0.15, -0.1) is 0 Å².